The fourth-order valence-corrected chi connectivity index (χ4v) is 3.68. The number of nitrogens with zero attached hydrogens (tertiary/aromatic N) is 3. The Morgan fingerprint density at radius 3 is 2.38 bits per heavy atom. The summed E-state index contributed by atoms with van der Waals surface area (Å²) in [6.07, 6.45) is 3.63. The molecule has 3 heterocycles. The second-order valence-corrected chi connectivity index (χ2v) is 7.94. The first-order valence-electron chi connectivity index (χ1n) is 6.74. The molecule has 1 fully saturated rings. The Kier molecular flexibility index (Phi) is 3.79. The van der Waals surface area contributed by atoms with Crippen molar-refractivity contribution >= 4 is 53.9 Å². The molecule has 1 aliphatic rings. The van der Waals surface area contributed by atoms with Gasteiger partial charge in [-0.15, -0.1) is 0 Å². The van der Waals surface area contributed by atoms with E-state index in [1.54, 1.807) is 15.4 Å². The van der Waals surface area contributed by atoms with E-state index in [9.17, 15) is 0 Å². The van der Waals surface area contributed by atoms with E-state index in [-0.39, 0.29) is 11.2 Å². The highest BCUT2D eigenvalue weighted by molar-refractivity contribution is 14.2. The third-order valence-corrected chi connectivity index (χ3v) is 6.05. The Balaban J connectivity index is 2.14. The molecule has 0 bridgehead atoms. The van der Waals surface area contributed by atoms with Crippen molar-refractivity contribution < 1.29 is 9.31 Å². The topological polar surface area (TPSA) is 49.2 Å². The lowest BCUT2D eigenvalue weighted by molar-refractivity contribution is 0.00578. The minimum absolute atomic E-state index is 0.354. The maximum absolute atomic E-state index is 6.17. The van der Waals surface area contributed by atoms with Crippen molar-refractivity contribution in [2.24, 2.45) is 0 Å². The molecule has 0 aromatic carbocycles. The highest BCUT2D eigenvalue weighted by Crippen LogP contribution is 2.37. The molecule has 21 heavy (non-hydrogen) atoms. The van der Waals surface area contributed by atoms with Crippen LogP contribution in [0, 0.1) is 6.92 Å². The summed E-state index contributed by atoms with van der Waals surface area (Å²) in [6, 6.07) is 0. The molecule has 0 N–H and O–H groups in total. The standard InChI is InChI=1S/C13H17BIN3O2S/c1-8-10-9(6-18(21-15)11(10)17-7-16-8)14-19-12(2,3)13(4,5)20-14/h6-7H,1-5H3. The highest BCUT2D eigenvalue weighted by atomic mass is 127. The number of aryl methyl sites for hydroxylation is 1. The fraction of sp³-hybridized carbons (Fsp3) is 0.538. The Labute approximate surface area is 141 Å². The van der Waals surface area contributed by atoms with Gasteiger partial charge in [0.25, 0.3) is 0 Å². The molecule has 3 rings (SSSR count). The molecule has 1 saturated heterocycles. The lowest BCUT2D eigenvalue weighted by Crippen LogP contribution is -2.41. The molecule has 2 aromatic heterocycles. The maximum atomic E-state index is 6.17. The molecular formula is C13H17BIN3O2S. The summed E-state index contributed by atoms with van der Waals surface area (Å²) in [5.41, 5.74) is 2.12. The van der Waals surface area contributed by atoms with Gasteiger partial charge in [-0.2, -0.15) is 0 Å². The average molecular weight is 417 g/mol. The number of hydrogen-bond acceptors (Lipinski definition) is 5. The van der Waals surface area contributed by atoms with E-state index in [4.69, 9.17) is 9.31 Å². The van der Waals surface area contributed by atoms with Gasteiger partial charge in [0.2, 0.25) is 0 Å². The van der Waals surface area contributed by atoms with Crippen molar-refractivity contribution in [3.63, 3.8) is 0 Å². The first kappa shape index (κ1) is 15.6. The maximum Gasteiger partial charge on any atom is 0.497 e. The van der Waals surface area contributed by atoms with Gasteiger partial charge in [-0.25, -0.2) is 9.97 Å². The zero-order chi connectivity index (χ0) is 15.4. The van der Waals surface area contributed by atoms with Crippen LogP contribution < -0.4 is 5.46 Å². The number of hydrogen-bond donors (Lipinski definition) is 0. The normalized spacial score (nSPS) is 20.4. The van der Waals surface area contributed by atoms with E-state index in [0.717, 1.165) is 22.2 Å². The Morgan fingerprint density at radius 2 is 1.81 bits per heavy atom. The van der Waals surface area contributed by atoms with E-state index < -0.39 is 7.12 Å². The highest BCUT2D eigenvalue weighted by Gasteiger charge is 2.52. The van der Waals surface area contributed by atoms with E-state index in [1.807, 2.05) is 17.1 Å². The van der Waals surface area contributed by atoms with Crippen LogP contribution in [0.3, 0.4) is 0 Å². The van der Waals surface area contributed by atoms with Gasteiger partial charge in [0.05, 0.1) is 11.2 Å². The second-order valence-electron chi connectivity index (χ2n) is 6.23. The van der Waals surface area contributed by atoms with Crippen molar-refractivity contribution in [1.29, 1.82) is 0 Å². The van der Waals surface area contributed by atoms with Gasteiger partial charge >= 0.3 is 7.12 Å². The van der Waals surface area contributed by atoms with Crippen molar-refractivity contribution in [2.45, 2.75) is 45.8 Å². The molecule has 0 unspecified atom stereocenters. The largest absolute Gasteiger partial charge is 0.497 e. The zero-order valence-electron chi connectivity index (χ0n) is 12.7. The van der Waals surface area contributed by atoms with Gasteiger partial charge in [0.1, 0.15) is 6.33 Å². The molecule has 1 aliphatic heterocycles. The van der Waals surface area contributed by atoms with Gasteiger partial charge in [0, 0.05) is 53.1 Å². The van der Waals surface area contributed by atoms with Crippen LogP contribution in [0.1, 0.15) is 33.4 Å². The molecule has 0 spiro atoms. The molecule has 5 nitrogen and oxygen atoms in total. The van der Waals surface area contributed by atoms with Crippen LogP contribution in [-0.2, 0) is 9.31 Å². The van der Waals surface area contributed by atoms with Crippen LogP contribution in [0.25, 0.3) is 11.0 Å². The third-order valence-electron chi connectivity index (χ3n) is 4.35. The molecule has 0 aliphatic carbocycles. The van der Waals surface area contributed by atoms with Gasteiger partial charge in [-0.1, -0.05) is 0 Å². The minimum atomic E-state index is -0.396. The molecule has 2 aromatic rings. The van der Waals surface area contributed by atoms with Crippen molar-refractivity contribution in [3.05, 3.63) is 18.2 Å². The lowest BCUT2D eigenvalue weighted by atomic mass is 9.79. The molecule has 112 valence electrons. The summed E-state index contributed by atoms with van der Waals surface area (Å²) in [4.78, 5) is 8.71. The fourth-order valence-electron chi connectivity index (χ4n) is 2.42. The van der Waals surface area contributed by atoms with Gasteiger partial charge in [-0.05, 0) is 34.6 Å². The van der Waals surface area contributed by atoms with Crippen molar-refractivity contribution in [2.75, 3.05) is 0 Å². The van der Waals surface area contributed by atoms with Crippen LogP contribution in [0.4, 0.5) is 0 Å². The zero-order valence-corrected chi connectivity index (χ0v) is 15.7. The molecular weight excluding hydrogens is 400 g/mol. The predicted octanol–water partition coefficient (Wildman–Crippen LogP) is 2.89. The van der Waals surface area contributed by atoms with Crippen molar-refractivity contribution in [1.82, 2.24) is 13.9 Å². The Hall–Kier alpha value is -0.315. The average Bonchev–Trinajstić information content (AvgIpc) is 2.86. The smallest absolute Gasteiger partial charge is 0.399 e. The number of aromatic nitrogens is 3. The first-order valence-corrected chi connectivity index (χ1v) is 10.1. The van der Waals surface area contributed by atoms with E-state index in [0.29, 0.717) is 0 Å². The summed E-state index contributed by atoms with van der Waals surface area (Å²) in [5.74, 6) is 0. The molecule has 0 atom stereocenters. The quantitative estimate of drug-likeness (QED) is 0.556. The number of halogens is 1. The first-order chi connectivity index (χ1) is 9.77. The monoisotopic (exact) mass is 417 g/mol. The molecule has 0 saturated carbocycles. The summed E-state index contributed by atoms with van der Waals surface area (Å²) in [6.45, 7) is 10.2. The number of fused-ring (bicyclic) bond motifs is 1. The SMILES string of the molecule is Cc1ncnc2c1c(B1OC(C)(C)C(C)(C)O1)cn2SI. The summed E-state index contributed by atoms with van der Waals surface area (Å²) in [7, 11) is 1.18. The molecule has 8 heteroatoms. The van der Waals surface area contributed by atoms with Gasteiger partial charge in [-0.3, -0.25) is 3.97 Å². The predicted molar refractivity (Wildman–Crippen MR) is 95.0 cm³/mol. The van der Waals surface area contributed by atoms with E-state index in [1.165, 1.54) is 0 Å². The second kappa shape index (κ2) is 5.11. The van der Waals surface area contributed by atoms with Crippen molar-refractivity contribution in [3.8, 4) is 0 Å². The van der Waals surface area contributed by atoms with Gasteiger partial charge < -0.3 is 9.31 Å². The van der Waals surface area contributed by atoms with Crippen LogP contribution >= 0.6 is 30.3 Å². The molecule has 0 amide bonds. The summed E-state index contributed by atoms with van der Waals surface area (Å²) >= 11 is 2.24. The Bertz CT molecular complexity index is 688. The van der Waals surface area contributed by atoms with E-state index in [2.05, 4.69) is 58.9 Å². The lowest BCUT2D eigenvalue weighted by Gasteiger charge is -2.32. The van der Waals surface area contributed by atoms with Crippen LogP contribution in [0.5, 0.6) is 0 Å². The number of rotatable bonds is 2. The van der Waals surface area contributed by atoms with Gasteiger partial charge in [0.15, 0.2) is 5.65 Å². The molecule has 0 radical (unpaired) electrons. The summed E-state index contributed by atoms with van der Waals surface area (Å²) < 4.78 is 14.4. The summed E-state index contributed by atoms with van der Waals surface area (Å²) in [5, 5.41) is 1.01. The van der Waals surface area contributed by atoms with Crippen LogP contribution in [0.15, 0.2) is 12.5 Å². The third kappa shape index (κ3) is 2.40. The van der Waals surface area contributed by atoms with Crippen LogP contribution in [0.2, 0.25) is 0 Å². The van der Waals surface area contributed by atoms with Crippen LogP contribution in [-0.4, -0.2) is 32.3 Å². The Morgan fingerprint density at radius 1 is 1.19 bits per heavy atom. The minimum Gasteiger partial charge on any atom is -0.399 e. The van der Waals surface area contributed by atoms with E-state index >= 15 is 0 Å².